The van der Waals surface area contributed by atoms with Crippen LogP contribution in [0.25, 0.3) is 0 Å². The highest BCUT2D eigenvalue weighted by molar-refractivity contribution is 6.32. The summed E-state index contributed by atoms with van der Waals surface area (Å²) in [6.07, 6.45) is 0. The van der Waals surface area contributed by atoms with Crippen LogP contribution < -0.4 is 9.47 Å². The second-order valence-electron chi connectivity index (χ2n) is 7.88. The molecule has 172 valence electrons. The molecule has 0 radical (unpaired) electrons. The van der Waals surface area contributed by atoms with E-state index in [0.29, 0.717) is 19.6 Å². The molecule has 2 aromatic carbocycles. The number of carboxylic acids is 1. The maximum Gasteiger partial charge on any atom is 0.335 e. The monoisotopic (exact) mass is 464 g/mol. The molecule has 1 saturated heterocycles. The van der Waals surface area contributed by atoms with Crippen molar-refractivity contribution in [2.75, 3.05) is 26.8 Å². The van der Waals surface area contributed by atoms with E-state index >= 15 is 0 Å². The lowest BCUT2D eigenvalue weighted by atomic mass is 10.1. The number of carbonyl (C=O) groups is 2. The highest BCUT2D eigenvalue weighted by atomic mass is 35.5. The molecule has 1 aliphatic rings. The Bertz CT molecular complexity index is 985. The number of carboxylic acid groups (broad SMARTS) is 1. The second-order valence-corrected chi connectivity index (χ2v) is 8.29. The van der Waals surface area contributed by atoms with E-state index in [1.807, 2.05) is 13.8 Å². The second kappa shape index (κ2) is 10.2. The van der Waals surface area contributed by atoms with Crippen molar-refractivity contribution in [2.45, 2.75) is 32.5 Å². The first kappa shape index (κ1) is 23.8. The van der Waals surface area contributed by atoms with E-state index in [0.717, 1.165) is 5.56 Å². The summed E-state index contributed by atoms with van der Waals surface area (Å²) in [4.78, 5) is 28.1. The number of rotatable bonds is 7. The van der Waals surface area contributed by atoms with Crippen molar-refractivity contribution < 1.29 is 28.6 Å². The predicted octanol–water partition coefficient (Wildman–Crippen LogP) is 3.69. The van der Waals surface area contributed by atoms with Crippen molar-refractivity contribution in [1.29, 1.82) is 0 Å². The van der Waals surface area contributed by atoms with Crippen LogP contribution in [0.1, 0.15) is 29.8 Å². The van der Waals surface area contributed by atoms with Gasteiger partial charge in [-0.2, -0.15) is 0 Å². The number of hydrogen-bond acceptors (Lipinski definition) is 5. The van der Waals surface area contributed by atoms with E-state index in [-0.39, 0.29) is 52.5 Å². The van der Waals surface area contributed by atoms with Gasteiger partial charge in [0.25, 0.3) is 5.91 Å². The van der Waals surface area contributed by atoms with E-state index in [1.165, 1.54) is 31.4 Å². The number of amides is 1. The maximum atomic E-state index is 13.2. The number of ether oxygens (including phenoxy) is 2. The van der Waals surface area contributed by atoms with Gasteiger partial charge >= 0.3 is 5.97 Å². The number of methoxy groups -OCH3 is 1. The number of piperazine rings is 1. The molecule has 1 N–H and O–H groups in total. The molecule has 0 aromatic heterocycles. The van der Waals surface area contributed by atoms with Crippen LogP contribution in [0.4, 0.5) is 4.39 Å². The van der Waals surface area contributed by atoms with Gasteiger partial charge in [-0.15, -0.1) is 0 Å². The zero-order chi connectivity index (χ0) is 23.4. The van der Waals surface area contributed by atoms with Crippen LogP contribution in [0.2, 0.25) is 5.02 Å². The fraction of sp³-hybridized carbons (Fsp3) is 0.391. The Hall–Kier alpha value is -2.84. The van der Waals surface area contributed by atoms with E-state index in [2.05, 4.69) is 4.90 Å². The number of aromatic carboxylic acids is 1. The Kier molecular flexibility index (Phi) is 7.58. The number of nitrogens with zero attached hydrogens (tertiary/aromatic N) is 2. The maximum absolute atomic E-state index is 13.2. The van der Waals surface area contributed by atoms with Crippen LogP contribution in [-0.4, -0.2) is 65.7 Å². The van der Waals surface area contributed by atoms with Crippen molar-refractivity contribution in [1.82, 2.24) is 9.80 Å². The fourth-order valence-corrected chi connectivity index (χ4v) is 4.06. The summed E-state index contributed by atoms with van der Waals surface area (Å²) in [6, 6.07) is 9.04. The van der Waals surface area contributed by atoms with E-state index in [9.17, 15) is 14.0 Å². The fourth-order valence-electron chi connectivity index (χ4n) is 3.79. The third-order valence-electron chi connectivity index (χ3n) is 5.55. The molecule has 1 amide bonds. The standard InChI is InChI=1S/C23H26ClFN2O5/c1-14-11-27(15(2)10-26(14)12-16-4-6-18(25)7-5-16)21(28)13-32-22-19(24)8-17(23(29)30)9-20(22)31-3/h4-9,14-15H,10-13H2,1-3H3,(H,29,30)/t14-,15+/m1/s1. The average molecular weight is 465 g/mol. The third-order valence-corrected chi connectivity index (χ3v) is 5.83. The normalized spacial score (nSPS) is 19.0. The predicted molar refractivity (Wildman–Crippen MR) is 118 cm³/mol. The lowest BCUT2D eigenvalue weighted by Gasteiger charge is -2.44. The molecule has 1 aliphatic heterocycles. The summed E-state index contributed by atoms with van der Waals surface area (Å²) >= 11 is 6.16. The van der Waals surface area contributed by atoms with Gasteiger partial charge in [-0.25, -0.2) is 9.18 Å². The van der Waals surface area contributed by atoms with Gasteiger partial charge in [-0.05, 0) is 43.7 Å². The lowest BCUT2D eigenvalue weighted by Crippen LogP contribution is -2.58. The Labute approximate surface area is 191 Å². The van der Waals surface area contributed by atoms with Gasteiger partial charge in [-0.3, -0.25) is 9.69 Å². The number of hydrogen-bond donors (Lipinski definition) is 1. The quantitative estimate of drug-likeness (QED) is 0.673. The number of carbonyl (C=O) groups excluding carboxylic acids is 1. The Morgan fingerprint density at radius 3 is 2.47 bits per heavy atom. The zero-order valence-corrected chi connectivity index (χ0v) is 18.9. The first-order chi connectivity index (χ1) is 15.2. The molecule has 7 nitrogen and oxygen atoms in total. The van der Waals surface area contributed by atoms with Crippen molar-refractivity contribution in [3.05, 3.63) is 58.4 Å². The van der Waals surface area contributed by atoms with Crippen LogP contribution in [0.15, 0.2) is 36.4 Å². The summed E-state index contributed by atoms with van der Waals surface area (Å²) in [6.45, 7) is 5.62. The number of halogens is 2. The van der Waals surface area contributed by atoms with Crippen molar-refractivity contribution in [2.24, 2.45) is 0 Å². The van der Waals surface area contributed by atoms with Gasteiger partial charge in [0.2, 0.25) is 0 Å². The topological polar surface area (TPSA) is 79.3 Å². The Morgan fingerprint density at radius 1 is 1.16 bits per heavy atom. The van der Waals surface area contributed by atoms with Crippen LogP contribution in [-0.2, 0) is 11.3 Å². The highest BCUT2D eigenvalue weighted by Crippen LogP contribution is 2.36. The molecule has 0 saturated carbocycles. The minimum Gasteiger partial charge on any atom is -0.493 e. The van der Waals surface area contributed by atoms with Gasteiger partial charge in [0.1, 0.15) is 5.82 Å². The Balaban J connectivity index is 1.63. The molecular weight excluding hydrogens is 439 g/mol. The zero-order valence-electron chi connectivity index (χ0n) is 18.2. The first-order valence-corrected chi connectivity index (χ1v) is 10.6. The third kappa shape index (κ3) is 5.49. The van der Waals surface area contributed by atoms with Gasteiger partial charge < -0.3 is 19.5 Å². The molecule has 1 heterocycles. The molecule has 2 atom stereocenters. The van der Waals surface area contributed by atoms with Crippen LogP contribution in [0, 0.1) is 5.82 Å². The molecule has 0 bridgehead atoms. The van der Waals surface area contributed by atoms with Crippen LogP contribution in [0.3, 0.4) is 0 Å². The molecule has 2 aromatic rings. The van der Waals surface area contributed by atoms with Crippen molar-refractivity contribution in [3.8, 4) is 11.5 Å². The molecular formula is C23H26ClFN2O5. The van der Waals surface area contributed by atoms with Crippen LogP contribution in [0.5, 0.6) is 11.5 Å². The van der Waals surface area contributed by atoms with Crippen molar-refractivity contribution in [3.63, 3.8) is 0 Å². The molecule has 3 rings (SSSR count). The summed E-state index contributed by atoms with van der Waals surface area (Å²) in [5.41, 5.74) is 0.977. The van der Waals surface area contributed by atoms with Gasteiger partial charge in [0, 0.05) is 31.7 Å². The SMILES string of the molecule is COc1cc(C(=O)O)cc(Cl)c1OCC(=O)N1C[C@@H](C)N(Cc2ccc(F)cc2)C[C@@H]1C. The Morgan fingerprint density at radius 2 is 1.84 bits per heavy atom. The summed E-state index contributed by atoms with van der Waals surface area (Å²) in [5, 5.41) is 9.21. The molecule has 9 heteroatoms. The molecule has 1 fully saturated rings. The molecule has 32 heavy (non-hydrogen) atoms. The lowest BCUT2D eigenvalue weighted by molar-refractivity contribution is -0.139. The summed E-state index contributed by atoms with van der Waals surface area (Å²) < 4.78 is 24.0. The van der Waals surface area contributed by atoms with Crippen molar-refractivity contribution >= 4 is 23.5 Å². The number of benzene rings is 2. The highest BCUT2D eigenvalue weighted by Gasteiger charge is 2.32. The van der Waals surface area contributed by atoms with Gasteiger partial charge in [0.15, 0.2) is 18.1 Å². The van der Waals surface area contributed by atoms with Gasteiger partial charge in [0.05, 0.1) is 17.7 Å². The average Bonchev–Trinajstić information content (AvgIpc) is 2.75. The summed E-state index contributed by atoms with van der Waals surface area (Å²) in [7, 11) is 1.37. The summed E-state index contributed by atoms with van der Waals surface area (Å²) in [5.74, 6) is -1.34. The van der Waals surface area contributed by atoms with Crippen LogP contribution >= 0.6 is 11.6 Å². The first-order valence-electron chi connectivity index (χ1n) is 10.2. The molecule has 0 spiro atoms. The smallest absolute Gasteiger partial charge is 0.335 e. The largest absolute Gasteiger partial charge is 0.493 e. The van der Waals surface area contributed by atoms with E-state index < -0.39 is 5.97 Å². The molecule has 0 aliphatic carbocycles. The van der Waals surface area contributed by atoms with E-state index in [1.54, 1.807) is 17.0 Å². The van der Waals surface area contributed by atoms with E-state index in [4.69, 9.17) is 26.2 Å². The van der Waals surface area contributed by atoms with Gasteiger partial charge in [-0.1, -0.05) is 23.7 Å². The minimum absolute atomic E-state index is 0.0368. The minimum atomic E-state index is -1.14. The molecule has 0 unspecified atom stereocenters.